The monoisotopic (exact) mass is 480 g/mol. The zero-order valence-corrected chi connectivity index (χ0v) is 21.1. The quantitative estimate of drug-likeness (QED) is 0.326. The number of furan rings is 1. The van der Waals surface area contributed by atoms with Crippen LogP contribution in [0, 0.1) is 11.8 Å². The van der Waals surface area contributed by atoms with Crippen molar-refractivity contribution < 1.29 is 9.21 Å². The minimum absolute atomic E-state index is 0.189. The number of fused-ring (bicyclic) bond motifs is 1. The van der Waals surface area contributed by atoms with Crippen molar-refractivity contribution in [3.05, 3.63) is 109 Å². The Morgan fingerprint density at radius 2 is 1.53 bits per heavy atom. The number of piperidine rings is 1. The van der Waals surface area contributed by atoms with Gasteiger partial charge in [0.05, 0.1) is 12.5 Å². The van der Waals surface area contributed by atoms with Crippen LogP contribution in [-0.2, 0) is 0 Å². The number of nitrogens with zero attached hydrogens (tertiary/aromatic N) is 2. The first-order valence-electron chi connectivity index (χ1n) is 13.2. The molecule has 6 rings (SSSR count). The van der Waals surface area contributed by atoms with Crippen molar-refractivity contribution in [2.45, 2.75) is 25.7 Å². The molecule has 2 unspecified atom stereocenters. The van der Waals surface area contributed by atoms with E-state index in [1.165, 1.54) is 31.5 Å². The molecule has 2 aliphatic rings. The zero-order chi connectivity index (χ0) is 24.7. The molecule has 186 valence electrons. The van der Waals surface area contributed by atoms with E-state index in [9.17, 15) is 4.79 Å². The molecule has 2 atom stereocenters. The Morgan fingerprint density at radius 1 is 0.833 bits per heavy atom. The molecule has 3 aromatic carbocycles. The Kier molecular flexibility index (Phi) is 7.82. The smallest absolute Gasteiger partial charge is 0.254 e. The van der Waals surface area contributed by atoms with Crippen molar-refractivity contribution in [2.75, 3.05) is 32.7 Å². The molecule has 2 aliphatic heterocycles. The van der Waals surface area contributed by atoms with Gasteiger partial charge in [-0.3, -0.25) is 4.79 Å². The summed E-state index contributed by atoms with van der Waals surface area (Å²) >= 11 is 0. The number of carbonyl (C=O) groups excluding carboxylic acids is 1. The van der Waals surface area contributed by atoms with Crippen molar-refractivity contribution >= 4 is 16.7 Å². The molecule has 0 bridgehead atoms. The maximum Gasteiger partial charge on any atom is 0.254 e. The fraction of sp³-hybridized carbons (Fsp3) is 0.344. The van der Waals surface area contributed by atoms with Gasteiger partial charge in [0.2, 0.25) is 0 Å². The molecule has 1 amide bonds. The third-order valence-corrected chi connectivity index (χ3v) is 7.85. The molecule has 0 spiro atoms. The molecule has 0 N–H and O–H groups in total. The fourth-order valence-corrected chi connectivity index (χ4v) is 5.75. The van der Waals surface area contributed by atoms with Crippen LogP contribution >= 0.6 is 0 Å². The van der Waals surface area contributed by atoms with Gasteiger partial charge in [-0.2, -0.15) is 0 Å². The first kappa shape index (κ1) is 24.3. The minimum Gasteiger partial charge on any atom is -0.473 e. The van der Waals surface area contributed by atoms with Gasteiger partial charge >= 0.3 is 0 Å². The number of hydrogen-bond acceptors (Lipinski definition) is 3. The van der Waals surface area contributed by atoms with Gasteiger partial charge in [0.25, 0.3) is 5.91 Å². The molecule has 0 aliphatic carbocycles. The highest BCUT2D eigenvalue weighted by molar-refractivity contribution is 6.07. The number of carbonyl (C=O) groups is 1. The van der Waals surface area contributed by atoms with E-state index >= 15 is 0 Å². The lowest BCUT2D eigenvalue weighted by Gasteiger charge is -2.34. The summed E-state index contributed by atoms with van der Waals surface area (Å²) in [4.78, 5) is 18.1. The molecular weight excluding hydrogens is 444 g/mol. The highest BCUT2D eigenvalue weighted by atomic mass is 16.3. The first-order chi connectivity index (χ1) is 17.7. The lowest BCUT2D eigenvalue weighted by molar-refractivity contribution is 0.0782. The summed E-state index contributed by atoms with van der Waals surface area (Å²) in [6.07, 6.45) is 5.73. The van der Waals surface area contributed by atoms with E-state index < -0.39 is 0 Å². The highest BCUT2D eigenvalue weighted by Crippen LogP contribution is 2.31. The van der Waals surface area contributed by atoms with Crippen LogP contribution in [0.4, 0.5) is 0 Å². The molecule has 2 fully saturated rings. The number of amides is 1. The Balaban J connectivity index is 0.000000477. The topological polar surface area (TPSA) is 36.7 Å². The molecule has 0 saturated carbocycles. The third kappa shape index (κ3) is 5.71. The molecule has 4 heteroatoms. The van der Waals surface area contributed by atoms with Crippen molar-refractivity contribution in [2.24, 2.45) is 11.8 Å². The summed E-state index contributed by atoms with van der Waals surface area (Å²) < 4.78 is 4.58. The Hall–Kier alpha value is -3.37. The number of rotatable bonds is 4. The van der Waals surface area contributed by atoms with Crippen LogP contribution in [0.2, 0.25) is 0 Å². The predicted octanol–water partition coefficient (Wildman–Crippen LogP) is 6.71. The van der Waals surface area contributed by atoms with Crippen molar-refractivity contribution in [1.82, 2.24) is 9.80 Å². The van der Waals surface area contributed by atoms with Crippen molar-refractivity contribution in [1.29, 1.82) is 0 Å². The van der Waals surface area contributed by atoms with Crippen LogP contribution in [0.3, 0.4) is 0 Å². The second-order valence-corrected chi connectivity index (χ2v) is 10.3. The second kappa shape index (κ2) is 11.6. The summed E-state index contributed by atoms with van der Waals surface area (Å²) in [5.74, 6) is 2.00. The van der Waals surface area contributed by atoms with Crippen LogP contribution in [0.15, 0.2) is 102 Å². The van der Waals surface area contributed by atoms with Gasteiger partial charge in [0, 0.05) is 25.2 Å². The Morgan fingerprint density at radius 3 is 2.25 bits per heavy atom. The van der Waals surface area contributed by atoms with Gasteiger partial charge in [-0.1, -0.05) is 73.7 Å². The van der Waals surface area contributed by atoms with Crippen LogP contribution in [0.5, 0.6) is 0 Å². The average molecular weight is 481 g/mol. The van der Waals surface area contributed by atoms with Crippen LogP contribution < -0.4 is 0 Å². The van der Waals surface area contributed by atoms with E-state index in [1.54, 1.807) is 12.5 Å². The summed E-state index contributed by atoms with van der Waals surface area (Å²) in [5.41, 5.74) is 2.33. The predicted molar refractivity (Wildman–Crippen MR) is 146 cm³/mol. The minimum atomic E-state index is 0.189. The van der Waals surface area contributed by atoms with Gasteiger partial charge in [-0.25, -0.2) is 0 Å². The summed E-state index contributed by atoms with van der Waals surface area (Å²) in [7, 11) is 0. The van der Waals surface area contributed by atoms with E-state index in [2.05, 4.69) is 69.7 Å². The van der Waals surface area contributed by atoms with Crippen LogP contribution in [0.1, 0.15) is 41.6 Å². The molecule has 36 heavy (non-hydrogen) atoms. The average Bonchev–Trinajstić information content (AvgIpc) is 3.63. The normalized spacial score (nSPS) is 20.8. The van der Waals surface area contributed by atoms with Gasteiger partial charge in [-0.05, 0) is 78.2 Å². The van der Waals surface area contributed by atoms with Gasteiger partial charge in [0.1, 0.15) is 0 Å². The third-order valence-electron chi connectivity index (χ3n) is 7.85. The first-order valence-corrected chi connectivity index (χ1v) is 13.2. The van der Waals surface area contributed by atoms with Gasteiger partial charge < -0.3 is 14.2 Å². The molecule has 4 aromatic rings. The van der Waals surface area contributed by atoms with Crippen LogP contribution in [0.25, 0.3) is 10.8 Å². The SMILES string of the molecule is CC1CN(C(=O)c2cccc3ccccc23)CC1CN1CCC(c2ccccc2)CC1.c1ccoc1. The summed E-state index contributed by atoms with van der Waals surface area (Å²) in [5, 5.41) is 2.20. The number of benzene rings is 3. The summed E-state index contributed by atoms with van der Waals surface area (Å²) in [6.45, 7) is 7.51. The fourth-order valence-electron chi connectivity index (χ4n) is 5.75. The lowest BCUT2D eigenvalue weighted by atomic mass is 9.88. The maximum atomic E-state index is 13.4. The van der Waals surface area contributed by atoms with E-state index in [0.717, 1.165) is 36.0 Å². The highest BCUT2D eigenvalue weighted by Gasteiger charge is 2.35. The van der Waals surface area contributed by atoms with Crippen LogP contribution in [-0.4, -0.2) is 48.4 Å². The van der Waals surface area contributed by atoms with E-state index in [0.29, 0.717) is 17.8 Å². The van der Waals surface area contributed by atoms with Gasteiger partial charge in [0.15, 0.2) is 0 Å². The largest absolute Gasteiger partial charge is 0.473 e. The Bertz CT molecular complexity index is 1210. The van der Waals surface area contributed by atoms with E-state index in [1.807, 2.05) is 36.4 Å². The number of likely N-dealkylation sites (tertiary alicyclic amines) is 2. The number of hydrogen-bond donors (Lipinski definition) is 0. The van der Waals surface area contributed by atoms with E-state index in [4.69, 9.17) is 0 Å². The lowest BCUT2D eigenvalue weighted by Crippen LogP contribution is -2.38. The summed E-state index contributed by atoms with van der Waals surface area (Å²) in [6, 6.07) is 28.9. The zero-order valence-electron chi connectivity index (χ0n) is 21.1. The molecular formula is C32H36N2O2. The maximum absolute atomic E-state index is 13.4. The standard InChI is InChI=1S/C28H32N2O.C4H4O/c1-21-18-30(28(31)27-13-7-11-24-10-5-6-12-26(24)27)20-25(21)19-29-16-14-23(15-17-29)22-8-3-2-4-9-22;1-2-4-5-3-1/h2-13,21,23,25H,14-20H2,1H3;1-4H. The molecule has 0 radical (unpaired) electrons. The molecule has 3 heterocycles. The van der Waals surface area contributed by atoms with Crippen molar-refractivity contribution in [3.63, 3.8) is 0 Å². The second-order valence-electron chi connectivity index (χ2n) is 10.3. The molecule has 4 nitrogen and oxygen atoms in total. The molecule has 2 saturated heterocycles. The van der Waals surface area contributed by atoms with Gasteiger partial charge in [-0.15, -0.1) is 0 Å². The molecule has 1 aromatic heterocycles. The Labute approximate surface area is 214 Å². The van der Waals surface area contributed by atoms with E-state index in [-0.39, 0.29) is 5.91 Å². The van der Waals surface area contributed by atoms with Crippen molar-refractivity contribution in [3.8, 4) is 0 Å².